The van der Waals surface area contributed by atoms with Gasteiger partial charge in [0.05, 0.1) is 11.3 Å². The van der Waals surface area contributed by atoms with Gasteiger partial charge in [-0.25, -0.2) is 0 Å². The summed E-state index contributed by atoms with van der Waals surface area (Å²) in [4.78, 5) is 24.9. The standard InChI is InChI=1S/C21H26N2O3/c1-5-15(3)22-21(25)18-8-6-7-9-19(18)23-20(24)16(4)26-17-12-10-14(2)11-13-17/h6-13,15-16H,5H2,1-4H3,(H,22,25)(H,23,24)/t15-,16-/m0/s1. The van der Waals surface area contributed by atoms with Gasteiger partial charge in [0.15, 0.2) is 6.10 Å². The highest BCUT2D eigenvalue weighted by molar-refractivity contribution is 6.04. The number of benzene rings is 2. The molecule has 0 aliphatic carbocycles. The van der Waals surface area contributed by atoms with Gasteiger partial charge in [0, 0.05) is 6.04 Å². The van der Waals surface area contributed by atoms with Crippen molar-refractivity contribution in [2.24, 2.45) is 0 Å². The maximum atomic E-state index is 12.5. The van der Waals surface area contributed by atoms with Crippen molar-refractivity contribution in [2.45, 2.75) is 46.3 Å². The molecule has 0 aliphatic rings. The maximum absolute atomic E-state index is 12.5. The lowest BCUT2D eigenvalue weighted by molar-refractivity contribution is -0.122. The molecule has 2 N–H and O–H groups in total. The summed E-state index contributed by atoms with van der Waals surface area (Å²) in [6, 6.07) is 14.5. The Morgan fingerprint density at radius 3 is 2.35 bits per heavy atom. The van der Waals surface area contributed by atoms with E-state index in [0.717, 1.165) is 12.0 Å². The number of rotatable bonds is 7. The van der Waals surface area contributed by atoms with Gasteiger partial charge in [-0.2, -0.15) is 0 Å². The van der Waals surface area contributed by atoms with Crippen molar-refractivity contribution in [2.75, 3.05) is 5.32 Å². The molecule has 0 radical (unpaired) electrons. The van der Waals surface area contributed by atoms with Crippen molar-refractivity contribution in [1.82, 2.24) is 5.32 Å². The molecule has 0 heterocycles. The minimum atomic E-state index is -0.691. The largest absolute Gasteiger partial charge is 0.481 e. The van der Waals surface area contributed by atoms with Gasteiger partial charge in [-0.05, 0) is 51.5 Å². The van der Waals surface area contributed by atoms with Crippen LogP contribution in [0.2, 0.25) is 0 Å². The average Bonchev–Trinajstić information content (AvgIpc) is 2.63. The van der Waals surface area contributed by atoms with E-state index in [1.807, 2.05) is 45.0 Å². The molecule has 138 valence electrons. The van der Waals surface area contributed by atoms with E-state index >= 15 is 0 Å². The predicted molar refractivity (Wildman–Crippen MR) is 104 cm³/mol. The fourth-order valence-corrected chi connectivity index (χ4v) is 2.30. The van der Waals surface area contributed by atoms with Gasteiger partial charge in [0.1, 0.15) is 5.75 Å². The Morgan fingerprint density at radius 2 is 1.69 bits per heavy atom. The highest BCUT2D eigenvalue weighted by Crippen LogP contribution is 2.18. The van der Waals surface area contributed by atoms with Crippen LogP contribution in [0.5, 0.6) is 5.75 Å². The highest BCUT2D eigenvalue weighted by atomic mass is 16.5. The third-order valence-electron chi connectivity index (χ3n) is 4.12. The molecule has 0 fully saturated rings. The van der Waals surface area contributed by atoms with E-state index < -0.39 is 6.10 Å². The van der Waals surface area contributed by atoms with E-state index in [2.05, 4.69) is 10.6 Å². The fraction of sp³-hybridized carbons (Fsp3) is 0.333. The van der Waals surface area contributed by atoms with Gasteiger partial charge < -0.3 is 15.4 Å². The van der Waals surface area contributed by atoms with E-state index in [-0.39, 0.29) is 17.9 Å². The Labute approximate surface area is 154 Å². The van der Waals surface area contributed by atoms with E-state index in [1.54, 1.807) is 31.2 Å². The number of ether oxygens (including phenoxy) is 1. The zero-order chi connectivity index (χ0) is 19.1. The molecular weight excluding hydrogens is 328 g/mol. The first-order valence-electron chi connectivity index (χ1n) is 8.84. The predicted octanol–water partition coefficient (Wildman–Crippen LogP) is 3.93. The van der Waals surface area contributed by atoms with Crippen LogP contribution in [0.1, 0.15) is 43.1 Å². The van der Waals surface area contributed by atoms with Gasteiger partial charge in [0.2, 0.25) is 0 Å². The summed E-state index contributed by atoms with van der Waals surface area (Å²) in [6.45, 7) is 7.61. The summed E-state index contributed by atoms with van der Waals surface area (Å²) in [5.41, 5.74) is 2.03. The number of hydrogen-bond donors (Lipinski definition) is 2. The summed E-state index contributed by atoms with van der Waals surface area (Å²) in [6.07, 6.45) is 0.144. The minimum Gasteiger partial charge on any atom is -0.481 e. The molecule has 2 rings (SSSR count). The molecule has 2 atom stereocenters. The van der Waals surface area contributed by atoms with Gasteiger partial charge in [-0.1, -0.05) is 36.8 Å². The van der Waals surface area contributed by atoms with Gasteiger partial charge in [-0.15, -0.1) is 0 Å². The highest BCUT2D eigenvalue weighted by Gasteiger charge is 2.19. The molecule has 5 heteroatoms. The summed E-state index contributed by atoms with van der Waals surface area (Å²) >= 11 is 0. The quantitative estimate of drug-likeness (QED) is 0.792. The molecule has 0 unspecified atom stereocenters. The number of para-hydroxylation sites is 1. The van der Waals surface area contributed by atoms with Crippen molar-refractivity contribution in [1.29, 1.82) is 0 Å². The van der Waals surface area contributed by atoms with Gasteiger partial charge in [0.25, 0.3) is 11.8 Å². The van der Waals surface area contributed by atoms with Crippen LogP contribution >= 0.6 is 0 Å². The molecule has 2 aromatic carbocycles. The summed E-state index contributed by atoms with van der Waals surface area (Å²) in [5, 5.41) is 5.70. The SMILES string of the molecule is CC[C@H](C)NC(=O)c1ccccc1NC(=O)[C@H](C)Oc1ccc(C)cc1. The van der Waals surface area contributed by atoms with Gasteiger partial charge >= 0.3 is 0 Å². The van der Waals surface area contributed by atoms with Crippen LogP contribution in [0.25, 0.3) is 0 Å². The van der Waals surface area contributed by atoms with Crippen LogP contribution in [-0.2, 0) is 4.79 Å². The lowest BCUT2D eigenvalue weighted by atomic mass is 10.1. The van der Waals surface area contributed by atoms with Crippen LogP contribution in [0.3, 0.4) is 0 Å². The Kier molecular flexibility index (Phi) is 6.78. The van der Waals surface area contributed by atoms with E-state index in [9.17, 15) is 9.59 Å². The second kappa shape index (κ2) is 9.04. The Bertz CT molecular complexity index is 756. The van der Waals surface area contributed by atoms with Crippen molar-refractivity contribution in [3.8, 4) is 5.75 Å². The summed E-state index contributed by atoms with van der Waals surface area (Å²) in [7, 11) is 0. The molecule has 0 aromatic heterocycles. The lowest BCUT2D eigenvalue weighted by Gasteiger charge is -2.17. The van der Waals surface area contributed by atoms with E-state index in [0.29, 0.717) is 17.0 Å². The molecule has 0 saturated heterocycles. The van der Waals surface area contributed by atoms with E-state index in [4.69, 9.17) is 4.74 Å². The first kappa shape index (κ1) is 19.5. The lowest BCUT2D eigenvalue weighted by Crippen LogP contribution is -2.34. The van der Waals surface area contributed by atoms with E-state index in [1.165, 1.54) is 0 Å². The molecule has 26 heavy (non-hydrogen) atoms. The van der Waals surface area contributed by atoms with Crippen LogP contribution in [0, 0.1) is 6.92 Å². The monoisotopic (exact) mass is 354 g/mol. The Morgan fingerprint density at radius 1 is 1.04 bits per heavy atom. The number of nitrogens with one attached hydrogen (secondary N) is 2. The van der Waals surface area contributed by atoms with Crippen LogP contribution < -0.4 is 15.4 Å². The first-order chi connectivity index (χ1) is 12.4. The number of hydrogen-bond acceptors (Lipinski definition) is 3. The maximum Gasteiger partial charge on any atom is 0.265 e. The van der Waals surface area contributed by atoms with Crippen molar-refractivity contribution in [3.63, 3.8) is 0 Å². The van der Waals surface area contributed by atoms with Gasteiger partial charge in [-0.3, -0.25) is 9.59 Å². The summed E-state index contributed by atoms with van der Waals surface area (Å²) in [5.74, 6) is 0.109. The smallest absolute Gasteiger partial charge is 0.265 e. The number of carbonyl (C=O) groups excluding carboxylic acids is 2. The van der Waals surface area contributed by atoms with Crippen molar-refractivity contribution in [3.05, 3.63) is 59.7 Å². The molecule has 0 saturated carbocycles. The number of amides is 2. The second-order valence-corrected chi connectivity index (χ2v) is 6.39. The Balaban J connectivity index is 2.06. The molecule has 2 amide bonds. The number of anilines is 1. The number of aryl methyl sites for hydroxylation is 1. The zero-order valence-corrected chi connectivity index (χ0v) is 15.7. The third kappa shape index (κ3) is 5.34. The summed E-state index contributed by atoms with van der Waals surface area (Å²) < 4.78 is 5.67. The zero-order valence-electron chi connectivity index (χ0n) is 15.7. The van der Waals surface area contributed by atoms with Crippen LogP contribution in [0.4, 0.5) is 5.69 Å². The average molecular weight is 354 g/mol. The molecular formula is C21H26N2O3. The second-order valence-electron chi connectivity index (χ2n) is 6.39. The molecule has 2 aromatic rings. The Hall–Kier alpha value is -2.82. The van der Waals surface area contributed by atoms with Crippen LogP contribution in [0.15, 0.2) is 48.5 Å². The van der Waals surface area contributed by atoms with Crippen molar-refractivity contribution < 1.29 is 14.3 Å². The topological polar surface area (TPSA) is 67.4 Å². The normalized spacial score (nSPS) is 12.8. The third-order valence-corrected chi connectivity index (χ3v) is 4.12. The number of carbonyl (C=O) groups is 2. The molecule has 5 nitrogen and oxygen atoms in total. The molecule has 0 aliphatic heterocycles. The first-order valence-corrected chi connectivity index (χ1v) is 8.84. The minimum absolute atomic E-state index is 0.0649. The van der Waals surface area contributed by atoms with Crippen molar-refractivity contribution >= 4 is 17.5 Å². The molecule has 0 bridgehead atoms. The molecule has 0 spiro atoms. The fourth-order valence-electron chi connectivity index (χ4n) is 2.30. The van der Waals surface area contributed by atoms with Crippen LogP contribution in [-0.4, -0.2) is 24.0 Å².